The summed E-state index contributed by atoms with van der Waals surface area (Å²) < 4.78 is 5.88. The first-order chi connectivity index (χ1) is 10.8. The van der Waals surface area contributed by atoms with Crippen molar-refractivity contribution in [2.24, 2.45) is 10.7 Å². The van der Waals surface area contributed by atoms with Gasteiger partial charge < -0.3 is 10.5 Å². The molecule has 0 saturated carbocycles. The summed E-state index contributed by atoms with van der Waals surface area (Å²) in [6, 6.07) is 26.9. The second-order valence-corrected chi connectivity index (χ2v) is 4.75. The first kappa shape index (κ1) is 13.9. The topological polar surface area (TPSA) is 47.6 Å². The zero-order chi connectivity index (χ0) is 15.2. The molecular formula is C19H16N2O. The van der Waals surface area contributed by atoms with Crippen molar-refractivity contribution in [2.75, 3.05) is 0 Å². The van der Waals surface area contributed by atoms with Crippen LogP contribution in [0.3, 0.4) is 0 Å². The van der Waals surface area contributed by atoms with E-state index in [2.05, 4.69) is 4.99 Å². The van der Waals surface area contributed by atoms with E-state index in [1.54, 1.807) is 0 Å². The van der Waals surface area contributed by atoms with Crippen LogP contribution in [0.15, 0.2) is 89.9 Å². The Morgan fingerprint density at radius 3 is 2.05 bits per heavy atom. The minimum atomic E-state index is 0.463. The van der Waals surface area contributed by atoms with E-state index in [1.807, 2.05) is 84.9 Å². The van der Waals surface area contributed by atoms with Crippen molar-refractivity contribution in [3.05, 3.63) is 90.5 Å². The quantitative estimate of drug-likeness (QED) is 0.567. The minimum Gasteiger partial charge on any atom is -0.455 e. The highest BCUT2D eigenvalue weighted by Gasteiger charge is 2.05. The molecule has 0 spiro atoms. The number of aliphatic imine (C=N–C) groups is 1. The molecule has 0 saturated heterocycles. The number of amidine groups is 1. The van der Waals surface area contributed by atoms with E-state index in [0.29, 0.717) is 17.3 Å². The maximum Gasteiger partial charge on any atom is 0.153 e. The van der Waals surface area contributed by atoms with Gasteiger partial charge in [-0.25, -0.2) is 4.99 Å². The Labute approximate surface area is 129 Å². The molecule has 3 aromatic carbocycles. The van der Waals surface area contributed by atoms with E-state index in [1.165, 1.54) is 0 Å². The zero-order valence-corrected chi connectivity index (χ0v) is 12.0. The standard InChI is InChI=1S/C19H16N2O/c20-19(15-9-3-1-4-10-15)21-17-13-7-8-14-18(17)22-16-11-5-2-6-12-16/h1-14H,(H2,20,21). The molecular weight excluding hydrogens is 272 g/mol. The third kappa shape index (κ3) is 3.33. The Morgan fingerprint density at radius 2 is 1.32 bits per heavy atom. The Morgan fingerprint density at radius 1 is 0.727 bits per heavy atom. The summed E-state index contributed by atoms with van der Waals surface area (Å²) in [6.45, 7) is 0. The SMILES string of the molecule is NC(=Nc1ccccc1Oc1ccccc1)c1ccccc1. The largest absolute Gasteiger partial charge is 0.455 e. The van der Waals surface area contributed by atoms with Gasteiger partial charge in [0.2, 0.25) is 0 Å². The number of hydrogen-bond donors (Lipinski definition) is 1. The van der Waals surface area contributed by atoms with Gasteiger partial charge in [0.25, 0.3) is 0 Å². The molecule has 0 heterocycles. The molecule has 3 aromatic rings. The van der Waals surface area contributed by atoms with Gasteiger partial charge in [0, 0.05) is 5.56 Å². The molecule has 0 aliphatic carbocycles. The van der Waals surface area contributed by atoms with Crippen LogP contribution in [0.4, 0.5) is 5.69 Å². The number of para-hydroxylation sites is 3. The van der Waals surface area contributed by atoms with E-state index < -0.39 is 0 Å². The highest BCUT2D eigenvalue weighted by Crippen LogP contribution is 2.31. The van der Waals surface area contributed by atoms with Crippen LogP contribution in [-0.2, 0) is 0 Å². The molecule has 0 aromatic heterocycles. The molecule has 108 valence electrons. The highest BCUT2D eigenvalue weighted by atomic mass is 16.5. The lowest BCUT2D eigenvalue weighted by Gasteiger charge is -2.09. The van der Waals surface area contributed by atoms with Crippen LogP contribution in [0.2, 0.25) is 0 Å². The fourth-order valence-electron chi connectivity index (χ4n) is 2.05. The smallest absolute Gasteiger partial charge is 0.153 e. The molecule has 0 aliphatic rings. The Bertz CT molecular complexity index is 768. The van der Waals surface area contributed by atoms with Gasteiger partial charge in [-0.15, -0.1) is 0 Å². The molecule has 0 unspecified atom stereocenters. The Kier molecular flexibility index (Phi) is 4.16. The van der Waals surface area contributed by atoms with Crippen LogP contribution in [0.5, 0.6) is 11.5 Å². The summed E-state index contributed by atoms with van der Waals surface area (Å²) >= 11 is 0. The van der Waals surface area contributed by atoms with E-state index in [0.717, 1.165) is 11.3 Å². The number of ether oxygens (including phenoxy) is 1. The van der Waals surface area contributed by atoms with Gasteiger partial charge in [-0.2, -0.15) is 0 Å². The third-order valence-corrected chi connectivity index (χ3v) is 3.15. The highest BCUT2D eigenvalue weighted by molar-refractivity contribution is 5.99. The number of benzene rings is 3. The van der Waals surface area contributed by atoms with Crippen LogP contribution >= 0.6 is 0 Å². The molecule has 3 nitrogen and oxygen atoms in total. The normalized spacial score (nSPS) is 11.2. The molecule has 0 radical (unpaired) electrons. The fourth-order valence-corrected chi connectivity index (χ4v) is 2.05. The molecule has 0 bridgehead atoms. The molecule has 0 amide bonds. The van der Waals surface area contributed by atoms with Crippen molar-refractivity contribution in [1.82, 2.24) is 0 Å². The summed E-state index contributed by atoms with van der Waals surface area (Å²) in [5, 5.41) is 0. The van der Waals surface area contributed by atoms with Gasteiger partial charge in [-0.1, -0.05) is 60.7 Å². The van der Waals surface area contributed by atoms with Gasteiger partial charge >= 0.3 is 0 Å². The molecule has 2 N–H and O–H groups in total. The summed E-state index contributed by atoms with van der Waals surface area (Å²) in [6.07, 6.45) is 0. The Balaban J connectivity index is 1.92. The molecule has 0 atom stereocenters. The summed E-state index contributed by atoms with van der Waals surface area (Å²) in [5.41, 5.74) is 7.67. The monoisotopic (exact) mass is 288 g/mol. The molecule has 3 rings (SSSR count). The van der Waals surface area contributed by atoms with Gasteiger partial charge in [0.05, 0.1) is 0 Å². The van der Waals surface area contributed by atoms with Crippen molar-refractivity contribution < 1.29 is 4.74 Å². The van der Waals surface area contributed by atoms with Crippen LogP contribution < -0.4 is 10.5 Å². The lowest BCUT2D eigenvalue weighted by molar-refractivity contribution is 0.484. The van der Waals surface area contributed by atoms with Crippen molar-refractivity contribution >= 4 is 11.5 Å². The van der Waals surface area contributed by atoms with Crippen molar-refractivity contribution in [3.8, 4) is 11.5 Å². The summed E-state index contributed by atoms with van der Waals surface area (Å²) in [7, 11) is 0. The number of hydrogen-bond acceptors (Lipinski definition) is 2. The van der Waals surface area contributed by atoms with Crippen LogP contribution in [-0.4, -0.2) is 5.84 Å². The second kappa shape index (κ2) is 6.59. The van der Waals surface area contributed by atoms with E-state index in [4.69, 9.17) is 10.5 Å². The van der Waals surface area contributed by atoms with Crippen molar-refractivity contribution in [3.63, 3.8) is 0 Å². The maximum absolute atomic E-state index is 6.08. The molecule has 22 heavy (non-hydrogen) atoms. The van der Waals surface area contributed by atoms with E-state index in [9.17, 15) is 0 Å². The summed E-state index contributed by atoms with van der Waals surface area (Å²) in [5.74, 6) is 1.90. The van der Waals surface area contributed by atoms with Gasteiger partial charge in [0.15, 0.2) is 5.75 Å². The van der Waals surface area contributed by atoms with Gasteiger partial charge in [0.1, 0.15) is 17.3 Å². The molecule has 0 fully saturated rings. The zero-order valence-electron chi connectivity index (χ0n) is 12.0. The average molecular weight is 288 g/mol. The van der Waals surface area contributed by atoms with Crippen LogP contribution in [0.25, 0.3) is 0 Å². The number of nitrogens with two attached hydrogens (primary N) is 1. The second-order valence-electron chi connectivity index (χ2n) is 4.75. The van der Waals surface area contributed by atoms with Crippen molar-refractivity contribution in [2.45, 2.75) is 0 Å². The van der Waals surface area contributed by atoms with E-state index >= 15 is 0 Å². The number of nitrogens with zero attached hydrogens (tertiary/aromatic N) is 1. The third-order valence-electron chi connectivity index (χ3n) is 3.15. The average Bonchev–Trinajstić information content (AvgIpc) is 2.58. The molecule has 0 aliphatic heterocycles. The minimum absolute atomic E-state index is 0.463. The first-order valence-electron chi connectivity index (χ1n) is 7.04. The van der Waals surface area contributed by atoms with Crippen LogP contribution in [0.1, 0.15) is 5.56 Å². The first-order valence-corrected chi connectivity index (χ1v) is 7.04. The lowest BCUT2D eigenvalue weighted by atomic mass is 10.2. The van der Waals surface area contributed by atoms with Gasteiger partial charge in [-0.05, 0) is 24.3 Å². The number of rotatable bonds is 4. The van der Waals surface area contributed by atoms with Crippen molar-refractivity contribution in [1.29, 1.82) is 0 Å². The predicted octanol–water partition coefficient (Wildman–Crippen LogP) is 4.52. The van der Waals surface area contributed by atoms with E-state index in [-0.39, 0.29) is 0 Å². The van der Waals surface area contributed by atoms with Gasteiger partial charge in [-0.3, -0.25) is 0 Å². The summed E-state index contributed by atoms with van der Waals surface area (Å²) in [4.78, 5) is 4.49. The maximum atomic E-state index is 6.08. The predicted molar refractivity (Wildman–Crippen MR) is 89.8 cm³/mol. The Hall–Kier alpha value is -3.07. The molecule has 3 heteroatoms. The lowest BCUT2D eigenvalue weighted by Crippen LogP contribution is -2.12. The fraction of sp³-hybridized carbons (Fsp3) is 0. The van der Waals surface area contributed by atoms with Crippen LogP contribution in [0, 0.1) is 0 Å².